The van der Waals surface area contributed by atoms with Crippen molar-refractivity contribution in [2.75, 3.05) is 0 Å². The van der Waals surface area contributed by atoms with Gasteiger partial charge in [0.25, 0.3) is 17.2 Å². The zero-order valence-electron chi connectivity index (χ0n) is 16.7. The second-order valence-electron chi connectivity index (χ2n) is 6.66. The quantitative estimate of drug-likeness (QED) is 0.364. The third kappa shape index (κ3) is 3.91. The van der Waals surface area contributed by atoms with E-state index < -0.39 is 17.3 Å². The van der Waals surface area contributed by atoms with Crippen molar-refractivity contribution in [2.45, 2.75) is 13.8 Å². The zero-order chi connectivity index (χ0) is 22.0. The number of hydrogen-bond acceptors (Lipinski definition) is 7. The van der Waals surface area contributed by atoms with E-state index in [0.717, 1.165) is 0 Å². The Balaban J connectivity index is 2.06. The first-order valence-electron chi connectivity index (χ1n) is 9.40. The number of carbonyl (C=O) groups excluding carboxylic acids is 2. The average molecular weight is 415 g/mol. The molecular weight excluding hydrogens is 398 g/mol. The largest absolute Gasteiger partial charge is 0.426 e. The Labute approximate surface area is 176 Å². The first-order valence-corrected chi connectivity index (χ1v) is 9.40. The highest BCUT2D eigenvalue weighted by molar-refractivity contribution is 6.08. The van der Waals surface area contributed by atoms with Crippen LogP contribution in [-0.2, 0) is 4.79 Å². The van der Waals surface area contributed by atoms with Gasteiger partial charge in [-0.05, 0) is 17.7 Å². The molecule has 0 aliphatic heterocycles. The lowest BCUT2D eigenvalue weighted by Crippen LogP contribution is -2.28. The fraction of sp³-hybridized carbons (Fsp3) is 0.0870. The Hall–Kier alpha value is -4.33. The van der Waals surface area contributed by atoms with Crippen LogP contribution in [0.4, 0.5) is 0 Å². The van der Waals surface area contributed by atoms with Crippen molar-refractivity contribution in [3.8, 4) is 22.7 Å². The number of hydrogen-bond donors (Lipinski definition) is 0. The molecule has 0 radical (unpaired) electrons. The van der Waals surface area contributed by atoms with Crippen LogP contribution in [0, 0.1) is 6.92 Å². The SMILES string of the molecule is CC(=O)Oc1cc(-c2ccccc2)n(-c2ccccc2)c(=O)c1C(=O)c1nnc(C)o1. The van der Waals surface area contributed by atoms with Gasteiger partial charge in [0.2, 0.25) is 5.89 Å². The molecule has 0 unspecified atom stereocenters. The maximum absolute atomic E-state index is 13.6. The monoisotopic (exact) mass is 415 g/mol. The summed E-state index contributed by atoms with van der Waals surface area (Å²) < 4.78 is 11.9. The van der Waals surface area contributed by atoms with E-state index in [-0.39, 0.29) is 23.1 Å². The van der Waals surface area contributed by atoms with Crippen molar-refractivity contribution < 1.29 is 18.7 Å². The molecule has 8 heteroatoms. The summed E-state index contributed by atoms with van der Waals surface area (Å²) in [6, 6.07) is 19.5. The van der Waals surface area contributed by atoms with Crippen LogP contribution in [0.15, 0.2) is 75.9 Å². The molecule has 4 rings (SSSR count). The van der Waals surface area contributed by atoms with Gasteiger partial charge in [0.15, 0.2) is 0 Å². The fourth-order valence-corrected chi connectivity index (χ4v) is 3.18. The lowest BCUT2D eigenvalue weighted by atomic mass is 10.1. The molecule has 0 amide bonds. The highest BCUT2D eigenvalue weighted by Gasteiger charge is 2.28. The van der Waals surface area contributed by atoms with Gasteiger partial charge in [-0.1, -0.05) is 48.5 Å². The predicted octanol–water partition coefficient (Wildman–Crippen LogP) is 3.35. The summed E-state index contributed by atoms with van der Waals surface area (Å²) in [6.45, 7) is 2.72. The molecule has 0 saturated carbocycles. The number of ether oxygens (including phenoxy) is 1. The molecule has 0 bridgehead atoms. The molecule has 4 aromatic rings. The standard InChI is InChI=1S/C23H17N3O5/c1-14-24-25-22(30-14)21(28)20-19(31-15(2)27)13-18(16-9-5-3-6-10-16)26(23(20)29)17-11-7-4-8-12-17/h3-13H,1-2H3. The van der Waals surface area contributed by atoms with Crippen molar-refractivity contribution in [3.63, 3.8) is 0 Å². The van der Waals surface area contributed by atoms with Crippen LogP contribution in [0.1, 0.15) is 29.1 Å². The third-order valence-corrected chi connectivity index (χ3v) is 4.46. The molecule has 8 nitrogen and oxygen atoms in total. The molecule has 0 saturated heterocycles. The van der Waals surface area contributed by atoms with E-state index in [0.29, 0.717) is 16.9 Å². The van der Waals surface area contributed by atoms with E-state index in [4.69, 9.17) is 9.15 Å². The Kier molecular flexibility index (Phi) is 5.28. The van der Waals surface area contributed by atoms with E-state index in [2.05, 4.69) is 10.2 Å². The summed E-state index contributed by atoms with van der Waals surface area (Å²) in [7, 11) is 0. The van der Waals surface area contributed by atoms with Crippen LogP contribution >= 0.6 is 0 Å². The number of carbonyl (C=O) groups is 2. The molecule has 0 aliphatic rings. The molecule has 31 heavy (non-hydrogen) atoms. The predicted molar refractivity (Wildman–Crippen MR) is 111 cm³/mol. The van der Waals surface area contributed by atoms with E-state index in [1.165, 1.54) is 24.5 Å². The molecule has 0 spiro atoms. The second kappa shape index (κ2) is 8.19. The summed E-state index contributed by atoms with van der Waals surface area (Å²) in [5.74, 6) is -1.88. The molecular formula is C23H17N3O5. The molecule has 0 fully saturated rings. The van der Waals surface area contributed by atoms with Crippen molar-refractivity contribution in [1.82, 2.24) is 14.8 Å². The topological polar surface area (TPSA) is 104 Å². The number of benzene rings is 2. The summed E-state index contributed by atoms with van der Waals surface area (Å²) in [5, 5.41) is 7.36. The van der Waals surface area contributed by atoms with Crippen molar-refractivity contribution in [2.24, 2.45) is 0 Å². The highest BCUT2D eigenvalue weighted by atomic mass is 16.5. The number of esters is 1. The smallest absolute Gasteiger partial charge is 0.308 e. The summed E-state index contributed by atoms with van der Waals surface area (Å²) in [6.07, 6.45) is 0. The maximum atomic E-state index is 13.6. The van der Waals surface area contributed by atoms with Gasteiger partial charge in [-0.2, -0.15) is 0 Å². The number of aromatic nitrogens is 3. The van der Waals surface area contributed by atoms with Crippen LogP contribution < -0.4 is 10.3 Å². The molecule has 154 valence electrons. The van der Waals surface area contributed by atoms with Crippen LogP contribution in [-0.4, -0.2) is 26.5 Å². The normalized spacial score (nSPS) is 10.6. The third-order valence-electron chi connectivity index (χ3n) is 4.46. The first kappa shape index (κ1) is 20.0. The molecule has 0 atom stereocenters. The Bertz CT molecular complexity index is 1320. The number of rotatable bonds is 5. The van der Waals surface area contributed by atoms with E-state index in [9.17, 15) is 14.4 Å². The van der Waals surface area contributed by atoms with E-state index in [1.54, 1.807) is 24.3 Å². The molecule has 0 aliphatic carbocycles. The van der Waals surface area contributed by atoms with Crippen LogP contribution in [0.2, 0.25) is 0 Å². The van der Waals surface area contributed by atoms with Gasteiger partial charge in [0.1, 0.15) is 11.3 Å². The van der Waals surface area contributed by atoms with Gasteiger partial charge in [0, 0.05) is 25.6 Å². The number of ketones is 1. The summed E-state index contributed by atoms with van der Waals surface area (Å²) >= 11 is 0. The van der Waals surface area contributed by atoms with Crippen LogP contribution in [0.5, 0.6) is 5.75 Å². The van der Waals surface area contributed by atoms with Gasteiger partial charge in [-0.15, -0.1) is 10.2 Å². The Morgan fingerprint density at radius 1 is 0.968 bits per heavy atom. The van der Waals surface area contributed by atoms with Crippen molar-refractivity contribution in [1.29, 1.82) is 0 Å². The lowest BCUT2D eigenvalue weighted by molar-refractivity contribution is -0.131. The number of aryl methyl sites for hydroxylation is 1. The summed E-state index contributed by atoms with van der Waals surface area (Å²) in [4.78, 5) is 38.5. The Morgan fingerprint density at radius 2 is 1.61 bits per heavy atom. The highest BCUT2D eigenvalue weighted by Crippen LogP contribution is 2.29. The van der Waals surface area contributed by atoms with E-state index in [1.807, 2.05) is 36.4 Å². The summed E-state index contributed by atoms with van der Waals surface area (Å²) in [5.41, 5.74) is 0.638. The lowest BCUT2D eigenvalue weighted by Gasteiger charge is -2.17. The molecule has 2 aromatic heterocycles. The van der Waals surface area contributed by atoms with Gasteiger partial charge in [-0.3, -0.25) is 19.0 Å². The van der Waals surface area contributed by atoms with Gasteiger partial charge < -0.3 is 9.15 Å². The first-order chi connectivity index (χ1) is 15.0. The number of pyridine rings is 1. The van der Waals surface area contributed by atoms with Crippen molar-refractivity contribution in [3.05, 3.63) is 94.4 Å². The minimum Gasteiger partial charge on any atom is -0.426 e. The zero-order valence-corrected chi connectivity index (χ0v) is 16.7. The maximum Gasteiger partial charge on any atom is 0.308 e. The fourth-order valence-electron chi connectivity index (χ4n) is 3.18. The van der Waals surface area contributed by atoms with E-state index >= 15 is 0 Å². The number of nitrogens with zero attached hydrogens (tertiary/aromatic N) is 3. The van der Waals surface area contributed by atoms with Gasteiger partial charge in [-0.25, -0.2) is 0 Å². The Morgan fingerprint density at radius 3 is 2.19 bits per heavy atom. The second-order valence-corrected chi connectivity index (χ2v) is 6.66. The number of para-hydroxylation sites is 1. The van der Waals surface area contributed by atoms with Crippen LogP contribution in [0.25, 0.3) is 16.9 Å². The molecule has 2 aromatic carbocycles. The average Bonchev–Trinajstić information content (AvgIpc) is 3.20. The minimum absolute atomic E-state index is 0.168. The van der Waals surface area contributed by atoms with Crippen LogP contribution in [0.3, 0.4) is 0 Å². The minimum atomic E-state index is -0.828. The molecule has 0 N–H and O–H groups in total. The molecule has 2 heterocycles. The van der Waals surface area contributed by atoms with Gasteiger partial charge in [0.05, 0.1) is 5.69 Å². The van der Waals surface area contributed by atoms with Crippen molar-refractivity contribution >= 4 is 11.8 Å². The van der Waals surface area contributed by atoms with Gasteiger partial charge >= 0.3 is 5.97 Å².